The largest absolute Gasteiger partial charge is 0.348 e. The molecule has 0 atom stereocenters. The van der Waals surface area contributed by atoms with Crippen LogP contribution in [0.5, 0.6) is 0 Å². The molecule has 0 spiro atoms. The van der Waals surface area contributed by atoms with Crippen LogP contribution in [0.15, 0.2) is 84.9 Å². The summed E-state index contributed by atoms with van der Waals surface area (Å²) in [5, 5.41) is 3.94. The van der Waals surface area contributed by atoms with Crippen molar-refractivity contribution in [2.75, 3.05) is 0 Å². The molecule has 3 heteroatoms. The van der Waals surface area contributed by atoms with E-state index in [-0.39, 0.29) is 5.91 Å². The lowest BCUT2D eigenvalue weighted by Gasteiger charge is -2.15. The highest BCUT2D eigenvalue weighted by molar-refractivity contribution is 6.08. The standard InChI is InChI=1S/C24H20N2O.C2H6/c1-17-22(24(27)25-16-18-10-4-2-5-11-18)20-14-8-9-15-21(20)26-23(17)19-12-6-3-7-13-19;1-2/h2-15H,16H2,1H3,(H,25,27);1-2H3. The molecule has 29 heavy (non-hydrogen) atoms. The smallest absolute Gasteiger partial charge is 0.252 e. The summed E-state index contributed by atoms with van der Waals surface area (Å²) in [7, 11) is 0. The van der Waals surface area contributed by atoms with E-state index < -0.39 is 0 Å². The van der Waals surface area contributed by atoms with Crippen molar-refractivity contribution in [3.63, 3.8) is 0 Å². The Kier molecular flexibility index (Phi) is 6.75. The van der Waals surface area contributed by atoms with Gasteiger partial charge < -0.3 is 5.32 Å². The first-order chi connectivity index (χ1) is 14.2. The third-order valence-electron chi connectivity index (χ3n) is 4.71. The molecule has 146 valence electrons. The number of fused-ring (bicyclic) bond motifs is 1. The summed E-state index contributed by atoms with van der Waals surface area (Å²) in [6.07, 6.45) is 0. The van der Waals surface area contributed by atoms with Crippen molar-refractivity contribution >= 4 is 16.8 Å². The maximum atomic E-state index is 13.1. The van der Waals surface area contributed by atoms with Crippen LogP contribution in [-0.4, -0.2) is 10.9 Å². The summed E-state index contributed by atoms with van der Waals surface area (Å²) >= 11 is 0. The van der Waals surface area contributed by atoms with Crippen LogP contribution in [0.3, 0.4) is 0 Å². The highest BCUT2D eigenvalue weighted by Crippen LogP contribution is 2.29. The van der Waals surface area contributed by atoms with Crippen LogP contribution in [0.1, 0.15) is 35.3 Å². The third-order valence-corrected chi connectivity index (χ3v) is 4.71. The second-order valence-corrected chi connectivity index (χ2v) is 6.51. The van der Waals surface area contributed by atoms with Crippen LogP contribution in [0.2, 0.25) is 0 Å². The normalized spacial score (nSPS) is 10.2. The molecule has 4 rings (SSSR count). The minimum atomic E-state index is -0.0767. The summed E-state index contributed by atoms with van der Waals surface area (Å²) in [4.78, 5) is 17.9. The number of para-hydroxylation sites is 1. The minimum Gasteiger partial charge on any atom is -0.348 e. The molecule has 0 aliphatic rings. The summed E-state index contributed by atoms with van der Waals surface area (Å²) in [5.41, 5.74) is 5.34. The van der Waals surface area contributed by atoms with Gasteiger partial charge in [0.05, 0.1) is 16.8 Å². The Morgan fingerprint density at radius 3 is 2.10 bits per heavy atom. The molecule has 0 saturated heterocycles. The van der Waals surface area contributed by atoms with Crippen molar-refractivity contribution in [1.82, 2.24) is 10.3 Å². The molecule has 0 fully saturated rings. The van der Waals surface area contributed by atoms with Crippen LogP contribution in [0.25, 0.3) is 22.2 Å². The van der Waals surface area contributed by atoms with Crippen LogP contribution >= 0.6 is 0 Å². The van der Waals surface area contributed by atoms with E-state index in [9.17, 15) is 4.79 Å². The Bertz CT molecular complexity index is 1090. The lowest BCUT2D eigenvalue weighted by Crippen LogP contribution is -2.24. The number of carbonyl (C=O) groups is 1. The van der Waals surface area contributed by atoms with Gasteiger partial charge in [-0.2, -0.15) is 0 Å². The Hall–Kier alpha value is -3.46. The van der Waals surface area contributed by atoms with Crippen molar-refractivity contribution < 1.29 is 4.79 Å². The number of hydrogen-bond donors (Lipinski definition) is 1. The maximum Gasteiger partial charge on any atom is 0.252 e. The van der Waals surface area contributed by atoms with Gasteiger partial charge >= 0.3 is 0 Å². The topological polar surface area (TPSA) is 42.0 Å². The zero-order valence-electron chi connectivity index (χ0n) is 17.1. The first kappa shape index (κ1) is 20.3. The van der Waals surface area contributed by atoms with E-state index in [1.807, 2.05) is 106 Å². The zero-order chi connectivity index (χ0) is 20.6. The quantitative estimate of drug-likeness (QED) is 0.459. The van der Waals surface area contributed by atoms with Gasteiger partial charge in [-0.1, -0.05) is 92.7 Å². The molecule has 3 nitrogen and oxygen atoms in total. The molecule has 1 heterocycles. The summed E-state index contributed by atoms with van der Waals surface area (Å²) in [5.74, 6) is -0.0767. The molecule has 3 aromatic carbocycles. The summed E-state index contributed by atoms with van der Waals surface area (Å²) in [6, 6.07) is 27.7. The highest BCUT2D eigenvalue weighted by Gasteiger charge is 2.18. The lowest BCUT2D eigenvalue weighted by atomic mass is 9.97. The van der Waals surface area contributed by atoms with Gasteiger partial charge in [-0.05, 0) is 24.1 Å². The Morgan fingerprint density at radius 2 is 1.41 bits per heavy atom. The number of aromatic nitrogens is 1. The van der Waals surface area contributed by atoms with E-state index in [1.54, 1.807) is 0 Å². The van der Waals surface area contributed by atoms with Crippen molar-refractivity contribution in [1.29, 1.82) is 0 Å². The van der Waals surface area contributed by atoms with E-state index in [0.29, 0.717) is 12.1 Å². The molecule has 4 aromatic rings. The molecule has 1 N–H and O–H groups in total. The Morgan fingerprint density at radius 1 is 0.828 bits per heavy atom. The number of nitrogens with one attached hydrogen (secondary N) is 1. The molecule has 0 aliphatic carbocycles. The van der Waals surface area contributed by atoms with Gasteiger partial charge in [-0.15, -0.1) is 0 Å². The van der Waals surface area contributed by atoms with Crippen LogP contribution in [0, 0.1) is 6.92 Å². The number of rotatable bonds is 4. The van der Waals surface area contributed by atoms with Gasteiger partial charge in [0.1, 0.15) is 0 Å². The first-order valence-electron chi connectivity index (χ1n) is 10.0. The predicted molar refractivity (Wildman–Crippen MR) is 121 cm³/mol. The maximum absolute atomic E-state index is 13.1. The first-order valence-corrected chi connectivity index (χ1v) is 10.0. The van der Waals surface area contributed by atoms with E-state index in [0.717, 1.165) is 33.3 Å². The van der Waals surface area contributed by atoms with Gasteiger partial charge in [-0.25, -0.2) is 4.98 Å². The molecular formula is C26H26N2O. The van der Waals surface area contributed by atoms with E-state index in [4.69, 9.17) is 4.98 Å². The molecule has 0 radical (unpaired) electrons. The van der Waals surface area contributed by atoms with Crippen LogP contribution in [0.4, 0.5) is 0 Å². The molecule has 0 aliphatic heterocycles. The Labute approximate surface area is 172 Å². The van der Waals surface area contributed by atoms with Crippen molar-refractivity contribution in [2.45, 2.75) is 27.3 Å². The predicted octanol–water partition coefficient (Wildman–Crippen LogP) is 6.17. The summed E-state index contributed by atoms with van der Waals surface area (Å²) in [6.45, 7) is 6.47. The number of pyridine rings is 1. The molecule has 0 bridgehead atoms. The number of amides is 1. The highest BCUT2D eigenvalue weighted by atomic mass is 16.1. The fourth-order valence-electron chi connectivity index (χ4n) is 3.34. The number of hydrogen-bond acceptors (Lipinski definition) is 2. The van der Waals surface area contributed by atoms with Crippen LogP contribution < -0.4 is 5.32 Å². The second kappa shape index (κ2) is 9.65. The number of nitrogens with zero attached hydrogens (tertiary/aromatic N) is 1. The number of carbonyl (C=O) groups excluding carboxylic acids is 1. The van der Waals surface area contributed by atoms with E-state index in [1.165, 1.54) is 0 Å². The van der Waals surface area contributed by atoms with Crippen LogP contribution in [-0.2, 0) is 6.54 Å². The number of benzene rings is 3. The van der Waals surface area contributed by atoms with Gasteiger partial charge in [0.2, 0.25) is 0 Å². The second-order valence-electron chi connectivity index (χ2n) is 6.51. The molecule has 1 aromatic heterocycles. The fraction of sp³-hybridized carbons (Fsp3) is 0.154. The molecule has 0 saturated carbocycles. The van der Waals surface area contributed by atoms with Crippen molar-refractivity contribution in [3.05, 3.63) is 102 Å². The lowest BCUT2D eigenvalue weighted by molar-refractivity contribution is 0.0952. The van der Waals surface area contributed by atoms with Gasteiger partial charge in [0, 0.05) is 17.5 Å². The molecular weight excluding hydrogens is 356 g/mol. The third kappa shape index (κ3) is 4.52. The zero-order valence-corrected chi connectivity index (χ0v) is 17.1. The average Bonchev–Trinajstić information content (AvgIpc) is 2.79. The van der Waals surface area contributed by atoms with Crippen molar-refractivity contribution in [2.24, 2.45) is 0 Å². The Balaban J connectivity index is 0.00000117. The fourth-order valence-corrected chi connectivity index (χ4v) is 3.34. The SMILES string of the molecule is CC.Cc1c(-c2ccccc2)nc2ccccc2c1C(=O)NCc1ccccc1. The van der Waals surface area contributed by atoms with Crippen molar-refractivity contribution in [3.8, 4) is 11.3 Å². The van der Waals surface area contributed by atoms with E-state index >= 15 is 0 Å². The van der Waals surface area contributed by atoms with Gasteiger partial charge in [0.15, 0.2) is 0 Å². The monoisotopic (exact) mass is 382 g/mol. The summed E-state index contributed by atoms with van der Waals surface area (Å²) < 4.78 is 0. The van der Waals surface area contributed by atoms with Gasteiger partial charge in [-0.3, -0.25) is 4.79 Å². The molecule has 0 unspecified atom stereocenters. The van der Waals surface area contributed by atoms with E-state index in [2.05, 4.69) is 5.32 Å². The minimum absolute atomic E-state index is 0.0767. The van der Waals surface area contributed by atoms with Gasteiger partial charge in [0.25, 0.3) is 5.91 Å². The molecule has 1 amide bonds. The average molecular weight is 383 g/mol.